The zero-order valence-corrected chi connectivity index (χ0v) is 18.3. The number of ether oxygens (including phenoxy) is 1. The fourth-order valence-electron chi connectivity index (χ4n) is 5.15. The minimum Gasteiger partial charge on any atom is -0.488 e. The van der Waals surface area contributed by atoms with Gasteiger partial charge in [-0.25, -0.2) is 4.68 Å². The monoisotopic (exact) mass is 429 g/mol. The van der Waals surface area contributed by atoms with Crippen LogP contribution in [0.2, 0.25) is 0 Å². The molecule has 2 aromatic heterocycles. The Morgan fingerprint density at radius 3 is 2.62 bits per heavy atom. The van der Waals surface area contributed by atoms with Crippen LogP contribution in [0.25, 0.3) is 16.9 Å². The maximum atomic E-state index is 13.0. The van der Waals surface area contributed by atoms with Crippen LogP contribution in [0.1, 0.15) is 37.7 Å². The first-order chi connectivity index (χ1) is 15.6. The Morgan fingerprint density at radius 2 is 1.91 bits per heavy atom. The van der Waals surface area contributed by atoms with E-state index in [1.807, 2.05) is 35.1 Å². The molecule has 1 saturated carbocycles. The molecule has 2 aliphatic heterocycles. The van der Waals surface area contributed by atoms with Crippen LogP contribution in [-0.4, -0.2) is 51.8 Å². The van der Waals surface area contributed by atoms with Gasteiger partial charge in [-0.15, -0.1) is 0 Å². The van der Waals surface area contributed by atoms with Crippen LogP contribution in [-0.2, 0) is 10.2 Å². The minimum absolute atomic E-state index is 0.117. The number of carbonyl (C=O) groups is 1. The van der Waals surface area contributed by atoms with Gasteiger partial charge in [0.15, 0.2) is 0 Å². The fourth-order valence-corrected chi connectivity index (χ4v) is 5.15. The second-order valence-corrected chi connectivity index (χ2v) is 9.26. The number of aromatic nitrogens is 3. The molecule has 3 aromatic rings. The third kappa shape index (κ3) is 3.11. The van der Waals surface area contributed by atoms with E-state index in [0.717, 1.165) is 79.1 Å². The Balaban J connectivity index is 1.40. The Bertz CT molecular complexity index is 1160. The standard InChI is InChI=1S/C25H27N5O2/c1-29-12-5-19(6-13-29)32-22-16-17(15-20-23(22)27-24(31)25(20)8-2-9-25)21-7-14-30(28-21)18-3-10-26-11-4-18/h3-4,7,10-11,14-16,19H,2,5-6,8-9,12-13H2,1H3,(H,27,31). The molecule has 2 fully saturated rings. The third-order valence-electron chi connectivity index (χ3n) is 7.27. The van der Waals surface area contributed by atoms with Gasteiger partial charge in [-0.05, 0) is 68.6 Å². The Hall–Kier alpha value is -3.19. The molecule has 0 atom stereocenters. The van der Waals surface area contributed by atoms with E-state index in [0.29, 0.717) is 0 Å². The number of likely N-dealkylation sites (tertiary alicyclic amines) is 1. The molecule has 164 valence electrons. The van der Waals surface area contributed by atoms with Gasteiger partial charge in [-0.3, -0.25) is 9.78 Å². The number of fused-ring (bicyclic) bond motifs is 2. The SMILES string of the molecule is CN1CCC(Oc2cc(-c3ccn(-c4ccncc4)n3)cc3c2NC(=O)C32CCC2)CC1. The number of benzene rings is 1. The Morgan fingerprint density at radius 1 is 1.12 bits per heavy atom. The van der Waals surface area contributed by atoms with Crippen molar-refractivity contribution >= 4 is 11.6 Å². The average molecular weight is 430 g/mol. The van der Waals surface area contributed by atoms with Gasteiger partial charge in [-0.2, -0.15) is 5.10 Å². The summed E-state index contributed by atoms with van der Waals surface area (Å²) in [6.07, 6.45) is 10.5. The van der Waals surface area contributed by atoms with Crippen molar-refractivity contribution in [1.82, 2.24) is 19.7 Å². The topological polar surface area (TPSA) is 72.3 Å². The highest BCUT2D eigenvalue weighted by Crippen LogP contribution is 2.54. The number of amides is 1. The predicted octanol–water partition coefficient (Wildman–Crippen LogP) is 3.78. The second kappa shape index (κ2) is 7.45. The first-order valence-corrected chi connectivity index (χ1v) is 11.4. The maximum Gasteiger partial charge on any atom is 0.235 e. The van der Waals surface area contributed by atoms with E-state index < -0.39 is 5.41 Å². The Kier molecular flexibility index (Phi) is 4.54. The van der Waals surface area contributed by atoms with Gasteiger partial charge in [0.25, 0.3) is 0 Å². The molecule has 1 aliphatic carbocycles. The smallest absolute Gasteiger partial charge is 0.235 e. The molecule has 7 heteroatoms. The van der Waals surface area contributed by atoms with Gasteiger partial charge in [0.05, 0.1) is 22.5 Å². The van der Waals surface area contributed by atoms with Crippen LogP contribution in [0.3, 0.4) is 0 Å². The highest BCUT2D eigenvalue weighted by Gasteiger charge is 2.52. The maximum absolute atomic E-state index is 13.0. The van der Waals surface area contributed by atoms with Crippen molar-refractivity contribution in [2.75, 3.05) is 25.5 Å². The van der Waals surface area contributed by atoms with E-state index in [1.54, 1.807) is 12.4 Å². The van der Waals surface area contributed by atoms with Crippen LogP contribution in [0, 0.1) is 0 Å². The number of nitrogens with zero attached hydrogens (tertiary/aromatic N) is 4. The zero-order valence-electron chi connectivity index (χ0n) is 18.3. The molecule has 1 saturated heterocycles. The summed E-state index contributed by atoms with van der Waals surface area (Å²) in [7, 11) is 2.15. The molecule has 7 nitrogen and oxygen atoms in total. The predicted molar refractivity (Wildman–Crippen MR) is 122 cm³/mol. The summed E-state index contributed by atoms with van der Waals surface area (Å²) >= 11 is 0. The number of hydrogen-bond acceptors (Lipinski definition) is 5. The largest absolute Gasteiger partial charge is 0.488 e. The summed E-state index contributed by atoms with van der Waals surface area (Å²) in [6, 6.07) is 10.1. The van der Waals surface area contributed by atoms with Crippen LogP contribution >= 0.6 is 0 Å². The number of nitrogens with one attached hydrogen (secondary N) is 1. The molecule has 1 N–H and O–H groups in total. The zero-order chi connectivity index (χ0) is 21.7. The molecule has 1 amide bonds. The summed E-state index contributed by atoms with van der Waals surface area (Å²) in [5.74, 6) is 0.897. The quantitative estimate of drug-likeness (QED) is 0.683. The minimum atomic E-state index is -0.399. The van der Waals surface area contributed by atoms with Crippen LogP contribution < -0.4 is 10.1 Å². The van der Waals surface area contributed by atoms with E-state index in [2.05, 4.69) is 28.3 Å². The summed E-state index contributed by atoms with van der Waals surface area (Å²) in [6.45, 7) is 2.05. The lowest BCUT2D eigenvalue weighted by Crippen LogP contribution is -2.40. The summed E-state index contributed by atoms with van der Waals surface area (Å²) in [5.41, 5.74) is 4.36. The van der Waals surface area contributed by atoms with Crippen LogP contribution in [0.4, 0.5) is 5.69 Å². The molecule has 1 spiro atoms. The highest BCUT2D eigenvalue weighted by molar-refractivity contribution is 6.09. The molecular weight excluding hydrogens is 402 g/mol. The van der Waals surface area contributed by atoms with Gasteiger partial charge in [0, 0.05) is 37.2 Å². The normalized spacial score (nSPS) is 20.1. The molecule has 4 heterocycles. The van der Waals surface area contributed by atoms with E-state index in [9.17, 15) is 4.79 Å². The van der Waals surface area contributed by atoms with E-state index in [-0.39, 0.29) is 12.0 Å². The third-order valence-corrected chi connectivity index (χ3v) is 7.27. The summed E-state index contributed by atoms with van der Waals surface area (Å²) < 4.78 is 8.38. The van der Waals surface area contributed by atoms with Gasteiger partial charge < -0.3 is 15.0 Å². The molecule has 3 aliphatic rings. The van der Waals surface area contributed by atoms with Crippen LogP contribution in [0.15, 0.2) is 48.9 Å². The van der Waals surface area contributed by atoms with Crippen molar-refractivity contribution in [2.45, 2.75) is 43.6 Å². The van der Waals surface area contributed by atoms with Gasteiger partial charge >= 0.3 is 0 Å². The number of rotatable bonds is 4. The Labute approximate surface area is 187 Å². The molecule has 0 unspecified atom stereocenters. The molecule has 0 radical (unpaired) electrons. The molecule has 6 rings (SSSR count). The van der Waals surface area contributed by atoms with Crippen molar-refractivity contribution in [1.29, 1.82) is 0 Å². The van der Waals surface area contributed by atoms with Gasteiger partial charge in [0.2, 0.25) is 5.91 Å². The number of hydrogen-bond donors (Lipinski definition) is 1. The first-order valence-electron chi connectivity index (χ1n) is 11.4. The lowest BCUT2D eigenvalue weighted by atomic mass is 9.65. The highest BCUT2D eigenvalue weighted by atomic mass is 16.5. The van der Waals surface area contributed by atoms with Crippen molar-refractivity contribution in [3.8, 4) is 22.7 Å². The lowest BCUT2D eigenvalue weighted by molar-refractivity contribution is -0.123. The number of pyridine rings is 1. The van der Waals surface area contributed by atoms with E-state index in [4.69, 9.17) is 9.84 Å². The second-order valence-electron chi connectivity index (χ2n) is 9.26. The molecule has 1 aromatic carbocycles. The van der Waals surface area contributed by atoms with Crippen molar-refractivity contribution in [3.63, 3.8) is 0 Å². The number of piperidine rings is 1. The molecule has 32 heavy (non-hydrogen) atoms. The van der Waals surface area contributed by atoms with E-state index >= 15 is 0 Å². The lowest BCUT2D eigenvalue weighted by Gasteiger charge is -2.36. The van der Waals surface area contributed by atoms with Crippen molar-refractivity contribution in [2.24, 2.45) is 0 Å². The average Bonchev–Trinajstić information content (AvgIpc) is 3.38. The van der Waals surface area contributed by atoms with Crippen molar-refractivity contribution in [3.05, 3.63) is 54.5 Å². The van der Waals surface area contributed by atoms with Crippen molar-refractivity contribution < 1.29 is 9.53 Å². The summed E-state index contributed by atoms with van der Waals surface area (Å²) in [4.78, 5) is 19.4. The van der Waals surface area contributed by atoms with E-state index in [1.165, 1.54) is 0 Å². The van der Waals surface area contributed by atoms with Gasteiger partial charge in [-0.1, -0.05) is 6.42 Å². The summed E-state index contributed by atoms with van der Waals surface area (Å²) in [5, 5.41) is 7.97. The van der Waals surface area contributed by atoms with Gasteiger partial charge in [0.1, 0.15) is 11.9 Å². The number of anilines is 1. The first kappa shape index (κ1) is 19.5. The van der Waals surface area contributed by atoms with Crippen LogP contribution in [0.5, 0.6) is 5.75 Å². The molecule has 0 bridgehead atoms. The number of carbonyl (C=O) groups excluding carboxylic acids is 1. The molecular formula is C25H27N5O2. The fraction of sp³-hybridized carbons (Fsp3) is 0.400.